The molecule has 0 fully saturated rings. The van der Waals surface area contributed by atoms with Crippen LogP contribution in [0.4, 0.5) is 5.69 Å². The van der Waals surface area contributed by atoms with Crippen molar-refractivity contribution in [2.24, 2.45) is 10.9 Å². The second kappa shape index (κ2) is 7.92. The van der Waals surface area contributed by atoms with E-state index >= 15 is 0 Å². The van der Waals surface area contributed by atoms with E-state index in [2.05, 4.69) is 15.6 Å². The summed E-state index contributed by atoms with van der Waals surface area (Å²) in [5.74, 6) is -0.834. The summed E-state index contributed by atoms with van der Waals surface area (Å²) in [5, 5.41) is 7.77. The molecule has 0 aromatic heterocycles. The number of nitrogens with zero attached hydrogens (tertiary/aromatic N) is 1. The molecule has 4 nitrogen and oxygen atoms in total. The van der Waals surface area contributed by atoms with Crippen LogP contribution in [0.1, 0.15) is 18.5 Å². The molecule has 8 heteroatoms. The SMILES string of the molecule is CC1=NC(=S)NC(c2ccc(Cl)cc2Cl)C1C(=O)Nc1cccc(Cl)c1. The first-order chi connectivity index (χ1) is 12.3. The molecule has 0 spiro atoms. The predicted octanol–water partition coefficient (Wildman–Crippen LogP) is 5.29. The maximum atomic E-state index is 13.0. The van der Waals surface area contributed by atoms with Gasteiger partial charge in [0, 0.05) is 26.5 Å². The van der Waals surface area contributed by atoms with Gasteiger partial charge in [-0.05, 0) is 55.0 Å². The zero-order valence-corrected chi connectivity index (χ0v) is 16.7. The fourth-order valence-electron chi connectivity index (χ4n) is 2.86. The fraction of sp³-hybridized carbons (Fsp3) is 0.167. The lowest BCUT2D eigenvalue weighted by Crippen LogP contribution is -2.45. The van der Waals surface area contributed by atoms with E-state index in [-0.39, 0.29) is 5.91 Å². The van der Waals surface area contributed by atoms with Gasteiger partial charge in [-0.3, -0.25) is 4.79 Å². The summed E-state index contributed by atoms with van der Waals surface area (Å²) in [6.07, 6.45) is 0. The minimum atomic E-state index is -0.598. The lowest BCUT2D eigenvalue weighted by Gasteiger charge is -2.32. The van der Waals surface area contributed by atoms with Crippen molar-refractivity contribution >= 4 is 69.4 Å². The van der Waals surface area contributed by atoms with Gasteiger partial charge < -0.3 is 10.6 Å². The number of amides is 1. The van der Waals surface area contributed by atoms with Gasteiger partial charge in [0.05, 0.1) is 6.04 Å². The molecule has 2 aromatic carbocycles. The number of nitrogens with one attached hydrogen (secondary N) is 2. The van der Waals surface area contributed by atoms with Gasteiger partial charge >= 0.3 is 0 Å². The van der Waals surface area contributed by atoms with Crippen LogP contribution in [-0.4, -0.2) is 16.7 Å². The first-order valence-corrected chi connectivity index (χ1v) is 9.26. The molecule has 26 heavy (non-hydrogen) atoms. The molecule has 2 aromatic rings. The van der Waals surface area contributed by atoms with E-state index in [1.807, 2.05) is 0 Å². The van der Waals surface area contributed by atoms with E-state index in [1.54, 1.807) is 49.4 Å². The zero-order chi connectivity index (χ0) is 18.8. The standard InChI is InChI=1S/C18H14Cl3N3OS/c1-9-15(17(25)23-12-4-2-3-10(19)7-12)16(24-18(26)22-9)13-6-5-11(20)8-14(13)21/h2-8,15-16H,1H3,(H,23,25)(H,24,26). The van der Waals surface area contributed by atoms with E-state index in [9.17, 15) is 4.79 Å². The van der Waals surface area contributed by atoms with E-state index in [0.717, 1.165) is 5.56 Å². The second-order valence-corrected chi connectivity index (χ2v) is 7.49. The lowest BCUT2D eigenvalue weighted by atomic mass is 9.87. The average Bonchev–Trinajstić information content (AvgIpc) is 2.53. The molecule has 1 amide bonds. The van der Waals surface area contributed by atoms with Crippen LogP contribution in [0, 0.1) is 5.92 Å². The quantitative estimate of drug-likeness (QED) is 0.656. The molecule has 3 rings (SSSR count). The number of rotatable bonds is 3. The third kappa shape index (κ3) is 4.18. The minimum absolute atomic E-state index is 0.237. The summed E-state index contributed by atoms with van der Waals surface area (Å²) in [6.45, 7) is 1.77. The zero-order valence-electron chi connectivity index (χ0n) is 13.6. The van der Waals surface area contributed by atoms with Crippen LogP contribution >= 0.6 is 47.0 Å². The van der Waals surface area contributed by atoms with Crippen molar-refractivity contribution in [3.8, 4) is 0 Å². The first kappa shape index (κ1) is 19.1. The Morgan fingerprint density at radius 2 is 1.88 bits per heavy atom. The average molecular weight is 427 g/mol. The summed E-state index contributed by atoms with van der Waals surface area (Å²) in [4.78, 5) is 17.2. The van der Waals surface area contributed by atoms with Gasteiger partial charge in [-0.2, -0.15) is 0 Å². The van der Waals surface area contributed by atoms with E-state index in [4.69, 9.17) is 47.0 Å². The van der Waals surface area contributed by atoms with Gasteiger partial charge in [-0.25, -0.2) is 4.99 Å². The van der Waals surface area contributed by atoms with Crippen molar-refractivity contribution in [3.63, 3.8) is 0 Å². The molecule has 2 atom stereocenters. The number of thiocarbonyl (C=S) groups is 1. The Labute approximate surface area is 171 Å². The molecular formula is C18H14Cl3N3OS. The number of carbonyl (C=O) groups is 1. The summed E-state index contributed by atoms with van der Waals surface area (Å²) < 4.78 is 0. The van der Waals surface area contributed by atoms with Crippen LogP contribution in [0.15, 0.2) is 47.5 Å². The second-order valence-electron chi connectivity index (χ2n) is 5.82. The van der Waals surface area contributed by atoms with Crippen LogP contribution in [0.2, 0.25) is 15.1 Å². The van der Waals surface area contributed by atoms with Crippen molar-refractivity contribution in [1.82, 2.24) is 5.32 Å². The van der Waals surface area contributed by atoms with Crippen LogP contribution in [0.5, 0.6) is 0 Å². The number of halogens is 3. The largest absolute Gasteiger partial charge is 0.353 e. The molecule has 0 saturated carbocycles. The Morgan fingerprint density at radius 3 is 2.58 bits per heavy atom. The maximum absolute atomic E-state index is 13.0. The topological polar surface area (TPSA) is 53.5 Å². The number of hydrogen-bond acceptors (Lipinski definition) is 2. The Balaban J connectivity index is 1.96. The summed E-state index contributed by atoms with van der Waals surface area (Å²) in [5.41, 5.74) is 1.92. The van der Waals surface area contributed by atoms with E-state index in [0.29, 0.717) is 31.6 Å². The highest BCUT2D eigenvalue weighted by atomic mass is 35.5. The maximum Gasteiger partial charge on any atom is 0.235 e. The van der Waals surface area contributed by atoms with Crippen molar-refractivity contribution in [2.45, 2.75) is 13.0 Å². The van der Waals surface area contributed by atoms with Crippen molar-refractivity contribution in [2.75, 3.05) is 5.32 Å². The van der Waals surface area contributed by atoms with Gasteiger partial charge in [-0.15, -0.1) is 0 Å². The molecule has 2 N–H and O–H groups in total. The van der Waals surface area contributed by atoms with Gasteiger partial charge in [-0.1, -0.05) is 46.9 Å². The predicted molar refractivity (Wildman–Crippen MR) is 112 cm³/mol. The highest BCUT2D eigenvalue weighted by Gasteiger charge is 2.36. The normalized spacial score (nSPS) is 19.5. The summed E-state index contributed by atoms with van der Waals surface area (Å²) >= 11 is 23.5. The monoisotopic (exact) mass is 425 g/mol. The van der Waals surface area contributed by atoms with Gasteiger partial charge in [0.25, 0.3) is 0 Å². The van der Waals surface area contributed by atoms with Gasteiger partial charge in [0.15, 0.2) is 5.11 Å². The summed E-state index contributed by atoms with van der Waals surface area (Å²) in [6, 6.07) is 11.6. The summed E-state index contributed by atoms with van der Waals surface area (Å²) in [7, 11) is 0. The molecular weight excluding hydrogens is 413 g/mol. The first-order valence-electron chi connectivity index (χ1n) is 7.72. The number of hydrogen-bond donors (Lipinski definition) is 2. The smallest absolute Gasteiger partial charge is 0.235 e. The highest BCUT2D eigenvalue weighted by Crippen LogP contribution is 2.34. The Bertz CT molecular complexity index is 916. The van der Waals surface area contributed by atoms with Gasteiger partial charge in [0.2, 0.25) is 5.91 Å². The van der Waals surface area contributed by atoms with Crippen molar-refractivity contribution in [3.05, 3.63) is 63.1 Å². The molecule has 1 aliphatic rings. The number of anilines is 1. The fourth-order valence-corrected chi connectivity index (χ4v) is 3.85. The van der Waals surface area contributed by atoms with Crippen molar-refractivity contribution in [1.29, 1.82) is 0 Å². The molecule has 0 saturated heterocycles. The Kier molecular flexibility index (Phi) is 5.82. The molecule has 0 bridgehead atoms. The molecule has 0 radical (unpaired) electrons. The van der Waals surface area contributed by atoms with Crippen LogP contribution in [0.3, 0.4) is 0 Å². The number of benzene rings is 2. The van der Waals surface area contributed by atoms with Crippen LogP contribution in [-0.2, 0) is 4.79 Å². The number of carbonyl (C=O) groups excluding carboxylic acids is 1. The third-order valence-corrected chi connectivity index (χ3v) is 5.02. The highest BCUT2D eigenvalue weighted by molar-refractivity contribution is 7.80. The Hall–Kier alpha value is -1.66. The lowest BCUT2D eigenvalue weighted by molar-refractivity contribution is -0.118. The third-order valence-electron chi connectivity index (χ3n) is 4.01. The molecule has 2 unspecified atom stereocenters. The molecule has 1 aliphatic heterocycles. The van der Waals surface area contributed by atoms with Crippen molar-refractivity contribution < 1.29 is 4.79 Å². The number of aliphatic imine (C=N–C) groups is 1. The van der Waals surface area contributed by atoms with Crippen LogP contribution in [0.25, 0.3) is 0 Å². The van der Waals surface area contributed by atoms with E-state index in [1.165, 1.54) is 0 Å². The van der Waals surface area contributed by atoms with E-state index < -0.39 is 12.0 Å². The van der Waals surface area contributed by atoms with Crippen LogP contribution < -0.4 is 10.6 Å². The molecule has 134 valence electrons. The molecule has 1 heterocycles. The Morgan fingerprint density at radius 1 is 1.15 bits per heavy atom. The molecule has 0 aliphatic carbocycles. The van der Waals surface area contributed by atoms with Gasteiger partial charge in [0.1, 0.15) is 5.92 Å². The minimum Gasteiger partial charge on any atom is -0.353 e.